The lowest BCUT2D eigenvalue weighted by atomic mass is 10.1. The summed E-state index contributed by atoms with van der Waals surface area (Å²) in [4.78, 5) is 4.11. The van der Waals surface area contributed by atoms with Gasteiger partial charge in [-0.3, -0.25) is 0 Å². The highest BCUT2D eigenvalue weighted by atomic mass is 32.1. The molecule has 0 saturated heterocycles. The molecule has 2 nitrogen and oxygen atoms in total. The van der Waals surface area contributed by atoms with Crippen molar-refractivity contribution >= 4 is 28.1 Å². The SMILES string of the molecule is CNC(=S)c1c(C)[nH]c2ccccc12. The fourth-order valence-corrected chi connectivity index (χ4v) is 1.96. The third-order valence-corrected chi connectivity index (χ3v) is 2.76. The molecular weight excluding hydrogens is 192 g/mol. The second-order valence-electron chi connectivity index (χ2n) is 3.25. The molecule has 0 bridgehead atoms. The second kappa shape index (κ2) is 3.42. The predicted molar refractivity (Wildman–Crippen MR) is 63.8 cm³/mol. The van der Waals surface area contributed by atoms with Crippen molar-refractivity contribution in [2.24, 2.45) is 0 Å². The summed E-state index contributed by atoms with van der Waals surface area (Å²) < 4.78 is 0. The molecule has 72 valence electrons. The minimum absolute atomic E-state index is 0.792. The molecule has 2 rings (SSSR count). The van der Waals surface area contributed by atoms with Crippen LogP contribution in [0.2, 0.25) is 0 Å². The summed E-state index contributed by atoms with van der Waals surface area (Å²) in [5, 5.41) is 4.20. The Labute approximate surface area is 88.3 Å². The Morgan fingerprint density at radius 1 is 1.36 bits per heavy atom. The monoisotopic (exact) mass is 204 g/mol. The molecule has 3 heteroatoms. The summed E-state index contributed by atoms with van der Waals surface area (Å²) in [5.74, 6) is 0. The molecule has 0 radical (unpaired) electrons. The van der Waals surface area contributed by atoms with Crippen molar-refractivity contribution in [1.29, 1.82) is 0 Å². The fourth-order valence-electron chi connectivity index (χ4n) is 1.69. The number of benzene rings is 1. The number of rotatable bonds is 1. The van der Waals surface area contributed by atoms with E-state index >= 15 is 0 Å². The maximum absolute atomic E-state index is 5.26. The normalized spacial score (nSPS) is 10.4. The van der Waals surface area contributed by atoms with E-state index in [0.29, 0.717) is 0 Å². The van der Waals surface area contributed by atoms with Gasteiger partial charge in [-0.15, -0.1) is 0 Å². The average molecular weight is 204 g/mol. The summed E-state index contributed by atoms with van der Waals surface area (Å²) in [5.41, 5.74) is 3.36. The zero-order chi connectivity index (χ0) is 10.1. The average Bonchev–Trinajstić information content (AvgIpc) is 2.53. The van der Waals surface area contributed by atoms with Gasteiger partial charge in [0.15, 0.2) is 0 Å². The van der Waals surface area contributed by atoms with Crippen LogP contribution in [-0.4, -0.2) is 17.0 Å². The van der Waals surface area contributed by atoms with Gasteiger partial charge in [-0.05, 0) is 13.0 Å². The molecule has 0 aliphatic carbocycles. The summed E-state index contributed by atoms with van der Waals surface area (Å²) in [6.07, 6.45) is 0. The number of aromatic amines is 1. The first-order chi connectivity index (χ1) is 6.74. The third-order valence-electron chi connectivity index (χ3n) is 2.35. The van der Waals surface area contributed by atoms with Crippen molar-refractivity contribution in [3.8, 4) is 0 Å². The summed E-state index contributed by atoms with van der Waals surface area (Å²) in [6.45, 7) is 2.04. The Balaban J connectivity index is 2.74. The number of hydrogen-bond donors (Lipinski definition) is 2. The van der Waals surface area contributed by atoms with Gasteiger partial charge in [-0.25, -0.2) is 0 Å². The Morgan fingerprint density at radius 2 is 2.07 bits per heavy atom. The molecule has 1 aromatic carbocycles. The molecule has 0 aliphatic rings. The number of fused-ring (bicyclic) bond motifs is 1. The van der Waals surface area contributed by atoms with Crippen LogP contribution in [0.4, 0.5) is 0 Å². The molecule has 0 spiro atoms. The summed E-state index contributed by atoms with van der Waals surface area (Å²) in [6, 6.07) is 8.18. The highest BCUT2D eigenvalue weighted by molar-refractivity contribution is 7.80. The number of aromatic nitrogens is 1. The first-order valence-corrected chi connectivity index (χ1v) is 4.94. The van der Waals surface area contributed by atoms with Crippen molar-refractivity contribution in [1.82, 2.24) is 10.3 Å². The Hall–Kier alpha value is -1.35. The van der Waals surface area contributed by atoms with Crippen LogP contribution in [0.15, 0.2) is 24.3 Å². The molecule has 1 aromatic heterocycles. The van der Waals surface area contributed by atoms with E-state index in [4.69, 9.17) is 12.2 Å². The molecule has 14 heavy (non-hydrogen) atoms. The number of aryl methyl sites for hydroxylation is 1. The van der Waals surface area contributed by atoms with Gasteiger partial charge in [0, 0.05) is 29.2 Å². The van der Waals surface area contributed by atoms with Crippen molar-refractivity contribution in [3.63, 3.8) is 0 Å². The minimum Gasteiger partial charge on any atom is -0.379 e. The maximum Gasteiger partial charge on any atom is 0.108 e. The van der Waals surface area contributed by atoms with E-state index in [1.165, 1.54) is 5.39 Å². The van der Waals surface area contributed by atoms with Gasteiger partial charge in [-0.1, -0.05) is 30.4 Å². The zero-order valence-electron chi connectivity index (χ0n) is 8.22. The predicted octanol–water partition coefficient (Wildman–Crippen LogP) is 2.37. The van der Waals surface area contributed by atoms with Crippen LogP contribution >= 0.6 is 12.2 Å². The van der Waals surface area contributed by atoms with E-state index in [1.54, 1.807) is 0 Å². The fraction of sp³-hybridized carbons (Fsp3) is 0.182. The molecule has 1 heterocycles. The number of thiocarbonyl (C=S) groups is 1. The quantitative estimate of drug-likeness (QED) is 0.698. The first kappa shape index (κ1) is 9.21. The number of nitrogens with one attached hydrogen (secondary N) is 2. The van der Waals surface area contributed by atoms with E-state index < -0.39 is 0 Å². The van der Waals surface area contributed by atoms with Crippen molar-refractivity contribution in [3.05, 3.63) is 35.5 Å². The van der Waals surface area contributed by atoms with Crippen LogP contribution < -0.4 is 5.32 Å². The van der Waals surface area contributed by atoms with Gasteiger partial charge < -0.3 is 10.3 Å². The molecule has 0 amide bonds. The molecule has 0 saturated carbocycles. The maximum atomic E-state index is 5.26. The van der Waals surface area contributed by atoms with Crippen LogP contribution in [0.25, 0.3) is 10.9 Å². The van der Waals surface area contributed by atoms with E-state index in [-0.39, 0.29) is 0 Å². The lowest BCUT2D eigenvalue weighted by Gasteiger charge is -2.01. The molecule has 0 aliphatic heterocycles. The van der Waals surface area contributed by atoms with Crippen LogP contribution in [0, 0.1) is 6.92 Å². The Bertz CT molecular complexity index is 485. The van der Waals surface area contributed by atoms with Crippen LogP contribution in [0.3, 0.4) is 0 Å². The molecule has 2 aromatic rings. The smallest absolute Gasteiger partial charge is 0.108 e. The minimum atomic E-state index is 0.792. The first-order valence-electron chi connectivity index (χ1n) is 4.53. The second-order valence-corrected chi connectivity index (χ2v) is 3.66. The van der Waals surface area contributed by atoms with E-state index in [9.17, 15) is 0 Å². The van der Waals surface area contributed by atoms with Crippen molar-refractivity contribution in [2.45, 2.75) is 6.92 Å². The van der Waals surface area contributed by atoms with Gasteiger partial charge in [0.25, 0.3) is 0 Å². The highest BCUT2D eigenvalue weighted by Crippen LogP contribution is 2.21. The lowest BCUT2D eigenvalue weighted by Crippen LogP contribution is -2.16. The summed E-state index contributed by atoms with van der Waals surface area (Å²) in [7, 11) is 1.85. The largest absolute Gasteiger partial charge is 0.379 e. The van der Waals surface area contributed by atoms with E-state index in [2.05, 4.69) is 22.4 Å². The molecule has 0 atom stereocenters. The molecule has 2 N–H and O–H groups in total. The third kappa shape index (κ3) is 1.30. The highest BCUT2D eigenvalue weighted by Gasteiger charge is 2.10. The topological polar surface area (TPSA) is 27.8 Å². The van der Waals surface area contributed by atoms with E-state index in [0.717, 1.165) is 21.8 Å². The lowest BCUT2D eigenvalue weighted by molar-refractivity contribution is 1.19. The molecule has 0 fully saturated rings. The van der Waals surface area contributed by atoms with Crippen molar-refractivity contribution < 1.29 is 0 Å². The van der Waals surface area contributed by atoms with Gasteiger partial charge in [0.1, 0.15) is 4.99 Å². The van der Waals surface area contributed by atoms with Gasteiger partial charge >= 0.3 is 0 Å². The number of para-hydroxylation sites is 1. The molecule has 0 unspecified atom stereocenters. The van der Waals surface area contributed by atoms with Crippen LogP contribution in [0.1, 0.15) is 11.3 Å². The Kier molecular flexibility index (Phi) is 2.25. The van der Waals surface area contributed by atoms with Crippen LogP contribution in [0.5, 0.6) is 0 Å². The standard InChI is InChI=1S/C11H12N2S/c1-7-10(11(14)12-2)8-5-3-4-6-9(8)13-7/h3-6,13H,1-2H3,(H,12,14). The summed E-state index contributed by atoms with van der Waals surface area (Å²) >= 11 is 5.26. The number of H-pyrrole nitrogens is 1. The van der Waals surface area contributed by atoms with Gasteiger partial charge in [-0.2, -0.15) is 0 Å². The van der Waals surface area contributed by atoms with Crippen LogP contribution in [-0.2, 0) is 0 Å². The van der Waals surface area contributed by atoms with E-state index in [1.807, 2.05) is 26.1 Å². The number of hydrogen-bond acceptors (Lipinski definition) is 1. The molecular formula is C11H12N2S. The Morgan fingerprint density at radius 3 is 2.79 bits per heavy atom. The van der Waals surface area contributed by atoms with Gasteiger partial charge in [0.05, 0.1) is 0 Å². The van der Waals surface area contributed by atoms with Crippen molar-refractivity contribution in [2.75, 3.05) is 7.05 Å². The zero-order valence-corrected chi connectivity index (χ0v) is 9.03. The van der Waals surface area contributed by atoms with Gasteiger partial charge in [0.2, 0.25) is 0 Å².